The normalized spacial score (nSPS) is 10.5. The summed E-state index contributed by atoms with van der Waals surface area (Å²) in [6.07, 6.45) is 2.94. The van der Waals surface area contributed by atoms with Gasteiger partial charge in [-0.1, -0.05) is 0 Å². The van der Waals surface area contributed by atoms with Crippen molar-refractivity contribution in [2.75, 3.05) is 0 Å². The van der Waals surface area contributed by atoms with Gasteiger partial charge in [0.2, 0.25) is 6.20 Å². The van der Waals surface area contributed by atoms with Crippen LogP contribution in [0.3, 0.4) is 0 Å². The van der Waals surface area contributed by atoms with Gasteiger partial charge in [-0.25, -0.2) is 0 Å². The fraction of sp³-hybridized carbons (Fsp3) is 0. The van der Waals surface area contributed by atoms with Gasteiger partial charge in [-0.15, -0.1) is 0 Å². The second-order valence-electron chi connectivity index (χ2n) is 2.40. The molecule has 0 radical (unpaired) electrons. The first kappa shape index (κ1) is 7.47. The van der Waals surface area contributed by atoms with Crippen molar-refractivity contribution in [3.63, 3.8) is 0 Å². The Balaban J connectivity index is 3.01. The molecule has 2 aromatic heterocycles. The van der Waals surface area contributed by atoms with Crippen molar-refractivity contribution in [1.29, 1.82) is 0 Å². The Morgan fingerprint density at radius 1 is 1.54 bits per heavy atom. The fourth-order valence-electron chi connectivity index (χ4n) is 1.01. The van der Waals surface area contributed by atoms with Gasteiger partial charge in [-0.3, -0.25) is 0 Å². The zero-order valence-electron chi connectivity index (χ0n) is 6.32. The van der Waals surface area contributed by atoms with Gasteiger partial charge in [0.25, 0.3) is 0 Å². The van der Waals surface area contributed by atoms with E-state index in [1.54, 1.807) is 0 Å². The van der Waals surface area contributed by atoms with Crippen molar-refractivity contribution in [2.24, 2.45) is 0 Å². The maximum Gasteiger partial charge on any atom is 0.330 e. The van der Waals surface area contributed by atoms with E-state index in [4.69, 9.17) is 0 Å². The summed E-state index contributed by atoms with van der Waals surface area (Å²) in [7, 11) is 0. The van der Waals surface area contributed by atoms with E-state index in [-0.39, 0.29) is 15.6 Å². The summed E-state index contributed by atoms with van der Waals surface area (Å²) in [6, 6.07) is 1.23. The quantitative estimate of drug-likeness (QED) is 0.381. The van der Waals surface area contributed by atoms with Crippen molar-refractivity contribution >= 4 is 11.0 Å². The van der Waals surface area contributed by atoms with Gasteiger partial charge in [0.05, 0.1) is 16.1 Å². The van der Waals surface area contributed by atoms with E-state index in [2.05, 4.69) is 5.10 Å². The Kier molecular flexibility index (Phi) is 1.38. The monoisotopic (exact) mass is 180 g/mol. The van der Waals surface area contributed by atoms with Crippen LogP contribution in [0.5, 0.6) is 0 Å². The fourth-order valence-corrected chi connectivity index (χ4v) is 1.01. The number of pyridine rings is 1. The molecule has 0 bridgehead atoms. The molecule has 0 unspecified atom stereocenters. The number of rotatable bonds is 0. The molecule has 7 nitrogen and oxygen atoms in total. The van der Waals surface area contributed by atoms with E-state index in [1.807, 2.05) is 0 Å². The van der Waals surface area contributed by atoms with E-state index in [1.165, 1.54) is 6.07 Å². The number of hydrogen-bond donors (Lipinski definition) is 0. The summed E-state index contributed by atoms with van der Waals surface area (Å²) in [6.45, 7) is 0. The van der Waals surface area contributed by atoms with E-state index in [9.17, 15) is 15.3 Å². The number of aromatic nitrogens is 4. The van der Waals surface area contributed by atoms with Crippen LogP contribution in [0.1, 0.15) is 0 Å². The van der Waals surface area contributed by atoms with E-state index in [0.29, 0.717) is 9.46 Å². The average Bonchev–Trinajstić information content (AvgIpc) is 2.12. The summed E-state index contributed by atoms with van der Waals surface area (Å²) < 4.78 is 1.08. The second-order valence-corrected chi connectivity index (χ2v) is 2.40. The van der Waals surface area contributed by atoms with E-state index in [0.717, 1.165) is 18.7 Å². The summed E-state index contributed by atoms with van der Waals surface area (Å²) >= 11 is 0. The van der Waals surface area contributed by atoms with Crippen molar-refractivity contribution in [3.8, 4) is 0 Å². The van der Waals surface area contributed by atoms with Crippen LogP contribution in [0.4, 0.5) is 0 Å². The Morgan fingerprint density at radius 2 is 2.31 bits per heavy atom. The highest BCUT2D eigenvalue weighted by atomic mass is 16.5. The summed E-state index contributed by atoms with van der Waals surface area (Å²) in [4.78, 5) is 11.0. The van der Waals surface area contributed by atoms with Gasteiger partial charge in [0, 0.05) is 0 Å². The SMILES string of the molecule is O=[n+]1ncn([O-])c2c[n+]([O-])ccc21. The zero-order chi connectivity index (χ0) is 9.42. The molecule has 2 aromatic rings. The first-order valence-electron chi connectivity index (χ1n) is 3.39. The second kappa shape index (κ2) is 2.41. The number of nitrogens with zero attached hydrogens (tertiary/aromatic N) is 4. The maximum atomic E-state index is 11.0. The standard InChI is InChI=1S/C6H4N4O3/c11-8-2-1-5-6(3-8)9(12)4-7-10(5)13/h1-4H. The van der Waals surface area contributed by atoms with Gasteiger partial charge < -0.3 is 15.1 Å². The lowest BCUT2D eigenvalue weighted by molar-refractivity contribution is -0.605. The highest BCUT2D eigenvalue weighted by Crippen LogP contribution is 2.01. The van der Waals surface area contributed by atoms with Crippen LogP contribution >= 0.6 is 0 Å². The Bertz CT molecular complexity index is 521. The van der Waals surface area contributed by atoms with Crippen LogP contribution < -0.4 is 9.27 Å². The molecule has 0 aliphatic heterocycles. The molecule has 0 amide bonds. The Hall–Kier alpha value is -2.18. The molecule has 0 fully saturated rings. The van der Waals surface area contributed by atoms with Crippen LogP contribution in [0, 0.1) is 15.3 Å². The van der Waals surface area contributed by atoms with Crippen LogP contribution in [-0.4, -0.2) is 9.83 Å². The number of hydrogen-bond acceptors (Lipinski definition) is 4. The van der Waals surface area contributed by atoms with Crippen molar-refractivity contribution < 1.29 is 9.27 Å². The van der Waals surface area contributed by atoms with Crippen molar-refractivity contribution in [3.05, 3.63) is 40.1 Å². The topological polar surface area (TPSA) is 90.8 Å². The van der Waals surface area contributed by atoms with Gasteiger partial charge in [-0.05, 0) is 0 Å². The summed E-state index contributed by atoms with van der Waals surface area (Å²) in [5.74, 6) is 0. The Labute approximate surface area is 71.2 Å². The molecule has 0 spiro atoms. The molecule has 0 atom stereocenters. The van der Waals surface area contributed by atoms with Gasteiger partial charge in [-0.2, -0.15) is 4.73 Å². The van der Waals surface area contributed by atoms with Crippen LogP contribution in [0.15, 0.2) is 24.8 Å². The predicted molar refractivity (Wildman–Crippen MR) is 40.8 cm³/mol. The minimum Gasteiger partial charge on any atom is -0.804 e. The molecular weight excluding hydrogens is 176 g/mol. The van der Waals surface area contributed by atoms with Gasteiger partial charge >= 0.3 is 5.52 Å². The molecule has 2 rings (SSSR count). The summed E-state index contributed by atoms with van der Waals surface area (Å²) in [5.41, 5.74) is 0.0482. The largest absolute Gasteiger partial charge is 0.804 e. The van der Waals surface area contributed by atoms with Gasteiger partial charge in [0.1, 0.15) is 0 Å². The third-order valence-corrected chi connectivity index (χ3v) is 1.60. The first-order chi connectivity index (χ1) is 6.18. The molecule has 0 aliphatic rings. The minimum absolute atomic E-state index is 0.0116. The third kappa shape index (κ3) is 1.06. The molecule has 7 heteroatoms. The maximum absolute atomic E-state index is 11.0. The number of fused-ring (bicyclic) bond motifs is 1. The highest BCUT2D eigenvalue weighted by Gasteiger charge is 2.11. The lowest BCUT2D eigenvalue weighted by atomic mass is 10.4. The molecule has 0 aromatic carbocycles. The van der Waals surface area contributed by atoms with Crippen LogP contribution in [0.25, 0.3) is 11.0 Å². The van der Waals surface area contributed by atoms with Crippen molar-refractivity contribution in [2.45, 2.75) is 0 Å². The molecule has 0 saturated carbocycles. The molecule has 0 aliphatic carbocycles. The van der Waals surface area contributed by atoms with Crippen LogP contribution in [-0.2, 0) is 0 Å². The highest BCUT2D eigenvalue weighted by molar-refractivity contribution is 5.68. The zero-order valence-corrected chi connectivity index (χ0v) is 6.32. The molecule has 13 heavy (non-hydrogen) atoms. The van der Waals surface area contributed by atoms with Crippen molar-refractivity contribution in [1.82, 2.24) is 9.83 Å². The summed E-state index contributed by atoms with van der Waals surface area (Å²) in [5, 5.41) is 25.0. The van der Waals surface area contributed by atoms with E-state index < -0.39 is 0 Å². The molecule has 2 heterocycles. The molecule has 0 N–H and O–H groups in total. The van der Waals surface area contributed by atoms with Crippen LogP contribution in [0.2, 0.25) is 0 Å². The minimum atomic E-state index is -0.0116. The molecule has 0 saturated heterocycles. The van der Waals surface area contributed by atoms with E-state index >= 15 is 0 Å². The molecule has 66 valence electrons. The molecular formula is C6H4N4O3. The average molecular weight is 180 g/mol. The first-order valence-corrected chi connectivity index (χ1v) is 3.39. The predicted octanol–water partition coefficient (Wildman–Crippen LogP) is -1.07. The lowest BCUT2D eigenvalue weighted by Gasteiger charge is -2.06. The Morgan fingerprint density at radius 3 is 3.08 bits per heavy atom. The smallest absolute Gasteiger partial charge is 0.330 e. The third-order valence-electron chi connectivity index (χ3n) is 1.60. The lowest BCUT2D eigenvalue weighted by Crippen LogP contribution is -2.29. The van der Waals surface area contributed by atoms with Gasteiger partial charge in [0.15, 0.2) is 22.6 Å².